The molecule has 6 heteroatoms. The Morgan fingerprint density at radius 2 is 2.24 bits per heavy atom. The highest BCUT2D eigenvalue weighted by atomic mass is 16.6. The number of nitrogens with two attached hydrogens (primary N) is 1. The first-order valence-corrected chi connectivity index (χ1v) is 7.43. The Balaban J connectivity index is 2.18. The zero-order valence-corrected chi connectivity index (χ0v) is 12.5. The maximum absolute atomic E-state index is 11.0. The molecule has 116 valence electrons. The van der Waals surface area contributed by atoms with E-state index < -0.39 is 4.92 Å². The molecule has 6 nitrogen and oxygen atoms in total. The van der Waals surface area contributed by atoms with Gasteiger partial charge in [-0.3, -0.25) is 10.1 Å². The summed E-state index contributed by atoms with van der Waals surface area (Å²) in [5.41, 5.74) is 6.63. The summed E-state index contributed by atoms with van der Waals surface area (Å²) in [6.45, 7) is 4.37. The van der Waals surface area contributed by atoms with Gasteiger partial charge in [-0.05, 0) is 45.2 Å². The molecule has 1 saturated carbocycles. The molecule has 1 aliphatic rings. The van der Waals surface area contributed by atoms with Gasteiger partial charge in [0.2, 0.25) is 0 Å². The number of nitrogens with one attached hydrogen (secondary N) is 1. The third kappa shape index (κ3) is 3.85. The van der Waals surface area contributed by atoms with Crippen LogP contribution >= 0.6 is 0 Å². The summed E-state index contributed by atoms with van der Waals surface area (Å²) < 4.78 is 5.56. The first kappa shape index (κ1) is 15.6. The van der Waals surface area contributed by atoms with E-state index in [4.69, 9.17) is 10.5 Å². The van der Waals surface area contributed by atoms with Crippen molar-refractivity contribution in [3.8, 4) is 5.75 Å². The Morgan fingerprint density at radius 1 is 1.48 bits per heavy atom. The van der Waals surface area contributed by atoms with Crippen LogP contribution in [0.3, 0.4) is 0 Å². The van der Waals surface area contributed by atoms with Crippen LogP contribution in [0.5, 0.6) is 5.75 Å². The number of nitro benzene ring substituents is 1. The van der Waals surface area contributed by atoms with Gasteiger partial charge in [0.05, 0.1) is 11.0 Å². The number of nitrogens with zero attached hydrogens (tertiary/aromatic N) is 1. The smallest absolute Gasteiger partial charge is 0.311 e. The molecule has 2 rings (SSSR count). The van der Waals surface area contributed by atoms with Crippen molar-refractivity contribution in [3.05, 3.63) is 28.3 Å². The number of ether oxygens (including phenoxy) is 1. The number of hydrogen-bond donors (Lipinski definition) is 2. The topological polar surface area (TPSA) is 90.4 Å². The highest BCUT2D eigenvalue weighted by molar-refractivity contribution is 5.58. The minimum absolute atomic E-state index is 0.00366. The first-order chi connectivity index (χ1) is 10.0. The maximum Gasteiger partial charge on any atom is 0.311 e. The number of rotatable bonds is 6. The summed E-state index contributed by atoms with van der Waals surface area (Å²) >= 11 is 0. The summed E-state index contributed by atoms with van der Waals surface area (Å²) in [6, 6.07) is 5.27. The van der Waals surface area contributed by atoms with Crippen molar-refractivity contribution in [2.45, 2.75) is 45.3 Å². The van der Waals surface area contributed by atoms with Crippen molar-refractivity contribution in [1.82, 2.24) is 0 Å². The van der Waals surface area contributed by atoms with Crippen LogP contribution in [0.4, 0.5) is 11.4 Å². The molecule has 1 fully saturated rings. The maximum atomic E-state index is 11.0. The SMILES string of the molecule is CC(C)Oc1cc(NC2CCCC2CN)ccc1[N+](=O)[O-]. The van der Waals surface area contributed by atoms with E-state index in [2.05, 4.69) is 5.32 Å². The van der Waals surface area contributed by atoms with E-state index >= 15 is 0 Å². The molecule has 3 N–H and O–H groups in total. The van der Waals surface area contributed by atoms with E-state index in [1.54, 1.807) is 12.1 Å². The second-order valence-corrected chi connectivity index (χ2v) is 5.78. The summed E-state index contributed by atoms with van der Waals surface area (Å²) in [5, 5.41) is 14.5. The summed E-state index contributed by atoms with van der Waals surface area (Å²) in [6.07, 6.45) is 3.28. The van der Waals surface area contributed by atoms with Crippen molar-refractivity contribution in [1.29, 1.82) is 0 Å². The zero-order valence-electron chi connectivity index (χ0n) is 12.5. The Hall–Kier alpha value is -1.82. The van der Waals surface area contributed by atoms with Gasteiger partial charge in [-0.15, -0.1) is 0 Å². The van der Waals surface area contributed by atoms with Gasteiger partial charge in [0.25, 0.3) is 0 Å². The summed E-state index contributed by atoms with van der Waals surface area (Å²) in [7, 11) is 0. The molecular weight excluding hydrogens is 270 g/mol. The van der Waals surface area contributed by atoms with Crippen molar-refractivity contribution in [3.63, 3.8) is 0 Å². The molecule has 1 aromatic carbocycles. The van der Waals surface area contributed by atoms with Gasteiger partial charge in [0, 0.05) is 23.9 Å². The fraction of sp³-hybridized carbons (Fsp3) is 0.600. The molecule has 0 radical (unpaired) electrons. The van der Waals surface area contributed by atoms with Crippen molar-refractivity contribution < 1.29 is 9.66 Å². The van der Waals surface area contributed by atoms with Crippen LogP contribution in [0.2, 0.25) is 0 Å². The van der Waals surface area contributed by atoms with E-state index in [0.717, 1.165) is 18.5 Å². The molecule has 2 atom stereocenters. The second kappa shape index (κ2) is 6.76. The van der Waals surface area contributed by atoms with Gasteiger partial charge >= 0.3 is 5.69 Å². The van der Waals surface area contributed by atoms with Crippen LogP contribution in [0, 0.1) is 16.0 Å². The predicted octanol–water partition coefficient (Wildman–Crippen LogP) is 2.92. The highest BCUT2D eigenvalue weighted by Gasteiger charge is 2.26. The highest BCUT2D eigenvalue weighted by Crippen LogP contribution is 2.33. The van der Waals surface area contributed by atoms with Gasteiger partial charge in [-0.2, -0.15) is 0 Å². The third-order valence-corrected chi connectivity index (χ3v) is 3.83. The number of anilines is 1. The Morgan fingerprint density at radius 3 is 2.86 bits per heavy atom. The normalized spacial score (nSPS) is 21.5. The van der Waals surface area contributed by atoms with Gasteiger partial charge in [-0.1, -0.05) is 6.42 Å². The molecule has 0 heterocycles. The average Bonchev–Trinajstić information content (AvgIpc) is 2.85. The molecule has 0 bridgehead atoms. The van der Waals surface area contributed by atoms with Crippen molar-refractivity contribution in [2.75, 3.05) is 11.9 Å². The Labute approximate surface area is 124 Å². The van der Waals surface area contributed by atoms with Crippen molar-refractivity contribution >= 4 is 11.4 Å². The monoisotopic (exact) mass is 293 g/mol. The number of nitro groups is 1. The van der Waals surface area contributed by atoms with Crippen LogP contribution in [0.25, 0.3) is 0 Å². The van der Waals surface area contributed by atoms with Crippen LogP contribution in [0.1, 0.15) is 33.1 Å². The van der Waals surface area contributed by atoms with E-state index in [1.807, 2.05) is 13.8 Å². The largest absolute Gasteiger partial charge is 0.484 e. The lowest BCUT2D eigenvalue weighted by molar-refractivity contribution is -0.386. The van der Waals surface area contributed by atoms with Crippen molar-refractivity contribution in [2.24, 2.45) is 11.7 Å². The fourth-order valence-corrected chi connectivity index (χ4v) is 2.83. The molecule has 0 spiro atoms. The molecule has 0 aliphatic heterocycles. The fourth-order valence-electron chi connectivity index (χ4n) is 2.83. The lowest BCUT2D eigenvalue weighted by Crippen LogP contribution is -2.29. The average molecular weight is 293 g/mol. The molecule has 21 heavy (non-hydrogen) atoms. The minimum atomic E-state index is -0.417. The van der Waals surface area contributed by atoms with Crippen LogP contribution in [0.15, 0.2) is 18.2 Å². The van der Waals surface area contributed by atoms with Gasteiger partial charge in [-0.25, -0.2) is 0 Å². The summed E-state index contributed by atoms with van der Waals surface area (Å²) in [4.78, 5) is 10.6. The first-order valence-electron chi connectivity index (χ1n) is 7.43. The zero-order chi connectivity index (χ0) is 15.4. The number of benzene rings is 1. The lowest BCUT2D eigenvalue weighted by Gasteiger charge is -2.21. The van der Waals surface area contributed by atoms with E-state index in [0.29, 0.717) is 24.3 Å². The van der Waals surface area contributed by atoms with Crippen LogP contribution < -0.4 is 15.8 Å². The van der Waals surface area contributed by atoms with E-state index in [-0.39, 0.29) is 11.8 Å². The number of hydrogen-bond acceptors (Lipinski definition) is 5. The molecule has 1 aliphatic carbocycles. The van der Waals surface area contributed by atoms with Gasteiger partial charge in [0.1, 0.15) is 0 Å². The molecule has 0 aromatic heterocycles. The van der Waals surface area contributed by atoms with Gasteiger partial charge in [0.15, 0.2) is 5.75 Å². The Bertz CT molecular complexity index is 505. The summed E-state index contributed by atoms with van der Waals surface area (Å²) in [5.74, 6) is 0.775. The lowest BCUT2D eigenvalue weighted by atomic mass is 10.0. The van der Waals surface area contributed by atoms with E-state index in [1.165, 1.54) is 12.5 Å². The molecule has 0 saturated heterocycles. The Kier molecular flexibility index (Phi) is 5.01. The van der Waals surface area contributed by atoms with E-state index in [9.17, 15) is 10.1 Å². The van der Waals surface area contributed by atoms with Crippen LogP contribution in [-0.2, 0) is 0 Å². The van der Waals surface area contributed by atoms with Gasteiger partial charge < -0.3 is 15.8 Å². The molecular formula is C15H23N3O3. The quantitative estimate of drug-likeness (QED) is 0.621. The second-order valence-electron chi connectivity index (χ2n) is 5.78. The third-order valence-electron chi connectivity index (χ3n) is 3.83. The standard InChI is InChI=1S/C15H23N3O3/c1-10(2)21-15-8-12(6-7-14(15)18(19)20)17-13-5-3-4-11(13)9-16/h6-8,10-11,13,17H,3-5,9,16H2,1-2H3. The van der Waals surface area contributed by atoms with Crippen LogP contribution in [-0.4, -0.2) is 23.6 Å². The predicted molar refractivity (Wildman–Crippen MR) is 82.7 cm³/mol. The molecule has 2 unspecified atom stereocenters. The molecule has 0 amide bonds. The molecule has 1 aromatic rings. The minimum Gasteiger partial charge on any atom is -0.484 e.